The van der Waals surface area contributed by atoms with E-state index < -0.39 is 12.1 Å². The van der Waals surface area contributed by atoms with E-state index in [0.717, 1.165) is 44.9 Å². The molecule has 0 rings (SSSR count). The fourth-order valence-corrected chi connectivity index (χ4v) is 11.9. The first kappa shape index (κ1) is 81.1. The number of carbonyl (C=O) groups excluding carboxylic acids is 2. The van der Waals surface area contributed by atoms with E-state index in [9.17, 15) is 19.8 Å². The molecule has 0 aromatic rings. The number of amides is 1. The number of allylic oxidation sites excluding steroid dienone is 5. The van der Waals surface area contributed by atoms with Crippen LogP contribution in [0.1, 0.15) is 418 Å². The highest BCUT2D eigenvalue weighted by molar-refractivity contribution is 5.76. The number of aliphatic hydroxyl groups is 2. The minimum Gasteiger partial charge on any atom is -0.466 e. The second-order valence-corrected chi connectivity index (χ2v) is 26.0. The van der Waals surface area contributed by atoms with E-state index in [1.54, 1.807) is 6.08 Å². The molecule has 0 saturated heterocycles. The van der Waals surface area contributed by atoms with Gasteiger partial charge in [-0.1, -0.05) is 359 Å². The fraction of sp³-hybridized carbons (Fsp3) is 0.896. The number of nitrogens with one attached hydrogen (secondary N) is 1. The molecule has 6 heteroatoms. The number of aliphatic hydroxyl groups excluding tert-OH is 2. The molecule has 1 amide bonds. The van der Waals surface area contributed by atoms with Crippen LogP contribution in [0.3, 0.4) is 0 Å². The summed E-state index contributed by atoms with van der Waals surface area (Å²) in [5.41, 5.74) is 0. The number of hydrogen-bond donors (Lipinski definition) is 3. The average Bonchev–Trinajstić information content (AvgIpc) is 3.49. The van der Waals surface area contributed by atoms with Gasteiger partial charge in [0, 0.05) is 12.8 Å². The first-order valence-corrected chi connectivity index (χ1v) is 37.8. The Labute approximate surface area is 519 Å². The molecule has 0 heterocycles. The summed E-state index contributed by atoms with van der Waals surface area (Å²) in [6.07, 6.45) is 93.9. The average molecular weight is 1170 g/mol. The van der Waals surface area contributed by atoms with E-state index in [-0.39, 0.29) is 18.5 Å². The molecule has 0 bridgehead atoms. The predicted molar refractivity (Wildman–Crippen MR) is 366 cm³/mol. The molecule has 0 aliphatic carbocycles. The van der Waals surface area contributed by atoms with Crippen LogP contribution in [0.2, 0.25) is 0 Å². The van der Waals surface area contributed by atoms with Crippen molar-refractivity contribution >= 4 is 11.9 Å². The topological polar surface area (TPSA) is 95.9 Å². The summed E-state index contributed by atoms with van der Waals surface area (Å²) in [7, 11) is 0. The SMILES string of the molecule is CCCCCCCC/C=C\CCCCCCCC(=O)OCCCCCCCCCCCCCC/C=C\CCCCCCCCCCCCCCC(=O)NC(CO)C(O)/C=C/CCCCCCCCCCCCCCCCCCCCCCC. The normalized spacial score (nSPS) is 12.7. The Bertz CT molecular complexity index is 1340. The van der Waals surface area contributed by atoms with Crippen molar-refractivity contribution < 1.29 is 24.5 Å². The summed E-state index contributed by atoms with van der Waals surface area (Å²) in [5.74, 6) is -0.0554. The number of esters is 1. The van der Waals surface area contributed by atoms with Crippen LogP contribution in [0.25, 0.3) is 0 Å². The van der Waals surface area contributed by atoms with Crippen molar-refractivity contribution in [2.45, 2.75) is 431 Å². The van der Waals surface area contributed by atoms with Crippen molar-refractivity contribution in [2.75, 3.05) is 13.2 Å². The zero-order valence-electron chi connectivity index (χ0n) is 56.2. The quantitative estimate of drug-likeness (QED) is 0.0320. The van der Waals surface area contributed by atoms with E-state index in [0.29, 0.717) is 19.4 Å². The van der Waals surface area contributed by atoms with Gasteiger partial charge in [-0.3, -0.25) is 9.59 Å². The van der Waals surface area contributed by atoms with Crippen LogP contribution < -0.4 is 5.32 Å². The zero-order chi connectivity index (χ0) is 59.9. The lowest BCUT2D eigenvalue weighted by atomic mass is 10.0. The molecule has 2 atom stereocenters. The molecular weight excluding hydrogens is 1020 g/mol. The molecule has 0 radical (unpaired) electrons. The Morgan fingerprint density at radius 2 is 0.566 bits per heavy atom. The molecular formula is C77H147NO5. The molecule has 0 aliphatic heterocycles. The lowest BCUT2D eigenvalue weighted by Gasteiger charge is -2.20. The van der Waals surface area contributed by atoms with Crippen molar-refractivity contribution in [3.05, 3.63) is 36.5 Å². The van der Waals surface area contributed by atoms with Crippen molar-refractivity contribution in [2.24, 2.45) is 0 Å². The van der Waals surface area contributed by atoms with Crippen LogP contribution in [0.4, 0.5) is 0 Å². The van der Waals surface area contributed by atoms with E-state index >= 15 is 0 Å². The maximum atomic E-state index is 12.5. The van der Waals surface area contributed by atoms with Crippen LogP contribution in [-0.4, -0.2) is 47.4 Å². The highest BCUT2D eigenvalue weighted by Crippen LogP contribution is 2.19. The highest BCUT2D eigenvalue weighted by Gasteiger charge is 2.18. The number of hydrogen-bond acceptors (Lipinski definition) is 5. The lowest BCUT2D eigenvalue weighted by molar-refractivity contribution is -0.143. The minimum absolute atomic E-state index is 0.00819. The third kappa shape index (κ3) is 69.1. The molecule has 0 aliphatic rings. The highest BCUT2D eigenvalue weighted by atomic mass is 16.5. The number of unbranched alkanes of at least 4 members (excludes halogenated alkanes) is 56. The van der Waals surface area contributed by atoms with Gasteiger partial charge in [0.15, 0.2) is 0 Å². The maximum absolute atomic E-state index is 12.5. The largest absolute Gasteiger partial charge is 0.466 e. The van der Waals surface area contributed by atoms with Gasteiger partial charge in [-0.25, -0.2) is 0 Å². The minimum atomic E-state index is -0.846. The Hall–Kier alpha value is -1.92. The van der Waals surface area contributed by atoms with E-state index in [1.165, 1.54) is 347 Å². The second-order valence-electron chi connectivity index (χ2n) is 26.0. The molecule has 3 N–H and O–H groups in total. The molecule has 0 saturated carbocycles. The molecule has 0 aromatic heterocycles. The first-order valence-electron chi connectivity index (χ1n) is 37.8. The van der Waals surface area contributed by atoms with Crippen LogP contribution >= 0.6 is 0 Å². The molecule has 0 fully saturated rings. The summed E-state index contributed by atoms with van der Waals surface area (Å²) in [6, 6.07) is -0.630. The van der Waals surface area contributed by atoms with E-state index in [1.807, 2.05) is 6.08 Å². The zero-order valence-corrected chi connectivity index (χ0v) is 56.2. The van der Waals surface area contributed by atoms with Crippen molar-refractivity contribution in [1.82, 2.24) is 5.32 Å². The summed E-state index contributed by atoms with van der Waals surface area (Å²) >= 11 is 0. The van der Waals surface area contributed by atoms with E-state index in [2.05, 4.69) is 43.5 Å². The number of rotatable bonds is 71. The van der Waals surface area contributed by atoms with Crippen molar-refractivity contribution in [3.8, 4) is 0 Å². The predicted octanol–water partition coefficient (Wildman–Crippen LogP) is 24.7. The van der Waals surface area contributed by atoms with Crippen LogP contribution in [0, 0.1) is 0 Å². The van der Waals surface area contributed by atoms with Gasteiger partial charge in [-0.2, -0.15) is 0 Å². The van der Waals surface area contributed by atoms with Gasteiger partial charge in [-0.15, -0.1) is 0 Å². The van der Waals surface area contributed by atoms with Gasteiger partial charge >= 0.3 is 5.97 Å². The molecule has 0 aromatic carbocycles. The number of ether oxygens (including phenoxy) is 1. The van der Waals surface area contributed by atoms with Crippen LogP contribution in [-0.2, 0) is 14.3 Å². The standard InChI is InChI=1S/C77H147NO5/c1-3-5-7-9-11-13-15-17-19-20-21-22-29-32-35-38-42-45-49-53-57-61-65-69-75(80)74(73-79)78-76(81)70-66-62-58-54-50-46-43-39-36-33-30-27-25-23-24-26-28-31-34-37-40-44-48-52-56-60-64-68-72-83-77(82)71-67-63-59-55-51-47-41-18-16-14-12-10-8-6-4-2/h18,23-24,41,65,69,74-75,79-80H,3-17,19-22,25-40,42-64,66-68,70-73H2,1-2H3,(H,78,81)/b24-23-,41-18-,69-65+. The molecule has 490 valence electrons. The first-order chi connectivity index (χ1) is 41.0. The Balaban J connectivity index is 3.40. The third-order valence-corrected chi connectivity index (χ3v) is 17.6. The molecule has 2 unspecified atom stereocenters. The fourth-order valence-electron chi connectivity index (χ4n) is 11.9. The van der Waals surface area contributed by atoms with Gasteiger partial charge in [0.05, 0.1) is 25.4 Å². The smallest absolute Gasteiger partial charge is 0.305 e. The molecule has 6 nitrogen and oxygen atoms in total. The summed E-state index contributed by atoms with van der Waals surface area (Å²) < 4.78 is 5.49. The Morgan fingerprint density at radius 1 is 0.325 bits per heavy atom. The summed E-state index contributed by atoms with van der Waals surface area (Å²) in [6.45, 7) is 4.94. The monoisotopic (exact) mass is 1170 g/mol. The van der Waals surface area contributed by atoms with Gasteiger partial charge < -0.3 is 20.3 Å². The second kappa shape index (κ2) is 72.6. The van der Waals surface area contributed by atoms with Crippen molar-refractivity contribution in [1.29, 1.82) is 0 Å². The van der Waals surface area contributed by atoms with Gasteiger partial charge in [0.1, 0.15) is 0 Å². The summed E-state index contributed by atoms with van der Waals surface area (Å²) in [5, 5.41) is 23.3. The number of carbonyl (C=O) groups is 2. The Morgan fingerprint density at radius 3 is 0.855 bits per heavy atom. The van der Waals surface area contributed by atoms with Crippen LogP contribution in [0.5, 0.6) is 0 Å². The third-order valence-electron chi connectivity index (χ3n) is 17.6. The Kier molecular flexibility index (Phi) is 70.9. The van der Waals surface area contributed by atoms with E-state index in [4.69, 9.17) is 4.74 Å². The molecule has 0 spiro atoms. The van der Waals surface area contributed by atoms with Gasteiger partial charge in [0.25, 0.3) is 0 Å². The maximum Gasteiger partial charge on any atom is 0.305 e. The molecule has 83 heavy (non-hydrogen) atoms. The summed E-state index contributed by atoms with van der Waals surface area (Å²) in [4.78, 5) is 24.6. The van der Waals surface area contributed by atoms with Crippen LogP contribution in [0.15, 0.2) is 36.5 Å². The van der Waals surface area contributed by atoms with Gasteiger partial charge in [-0.05, 0) is 83.5 Å². The van der Waals surface area contributed by atoms with Crippen molar-refractivity contribution in [3.63, 3.8) is 0 Å². The van der Waals surface area contributed by atoms with Gasteiger partial charge in [0.2, 0.25) is 5.91 Å². The lowest BCUT2D eigenvalue weighted by Crippen LogP contribution is -2.45.